The van der Waals surface area contributed by atoms with Crippen LogP contribution in [0, 0.1) is 0 Å². The van der Waals surface area contributed by atoms with E-state index in [2.05, 4.69) is 0 Å². The van der Waals surface area contributed by atoms with Crippen LogP contribution in [-0.4, -0.2) is 25.0 Å². The number of likely N-dealkylation sites (N-methyl/N-ethyl adjacent to an activating group) is 1. The first-order chi connectivity index (χ1) is 14.0. The normalized spacial score (nSPS) is 10.4. The van der Waals surface area contributed by atoms with Crippen LogP contribution in [0.4, 0.5) is 0 Å². The Kier molecular flexibility index (Phi) is 7.14. The highest BCUT2D eigenvalue weighted by atomic mass is 35.5. The predicted octanol–water partition coefficient (Wildman–Crippen LogP) is 5.13. The van der Waals surface area contributed by atoms with E-state index in [4.69, 9.17) is 21.1 Å². The molecule has 0 aliphatic rings. The highest BCUT2D eigenvalue weighted by Crippen LogP contribution is 2.29. The van der Waals surface area contributed by atoms with Crippen LogP contribution in [0.5, 0.6) is 11.5 Å². The number of carbonyl (C=O) groups excluding carboxylic acids is 1. The van der Waals surface area contributed by atoms with Gasteiger partial charge in [-0.05, 0) is 41.0 Å². The molecule has 0 bridgehead atoms. The second-order valence-corrected chi connectivity index (χ2v) is 7.25. The Labute approximate surface area is 176 Å². The van der Waals surface area contributed by atoms with Gasteiger partial charge in [-0.1, -0.05) is 60.1 Å². The quantitative estimate of drug-likeness (QED) is 0.517. The summed E-state index contributed by atoms with van der Waals surface area (Å²) in [6.45, 7) is 0.956. The van der Waals surface area contributed by atoms with Gasteiger partial charge in [-0.3, -0.25) is 4.79 Å². The molecule has 3 aromatic rings. The standard InChI is InChI=1S/C24H24ClNO3/c1-26(24(27)15-18-8-11-21(25)12-9-18)16-20-10-13-22(23(14-20)28-2)29-17-19-6-4-3-5-7-19/h3-14H,15-17H2,1-2H3. The molecule has 0 spiro atoms. The number of nitrogens with zero attached hydrogens (tertiary/aromatic N) is 1. The first kappa shape index (κ1) is 20.7. The van der Waals surface area contributed by atoms with Crippen LogP contribution >= 0.6 is 11.6 Å². The Balaban J connectivity index is 1.61. The van der Waals surface area contributed by atoms with Crippen molar-refractivity contribution in [3.05, 3.63) is 94.5 Å². The van der Waals surface area contributed by atoms with Crippen LogP contribution in [0.25, 0.3) is 0 Å². The number of carbonyl (C=O) groups is 1. The molecule has 5 heteroatoms. The van der Waals surface area contributed by atoms with Crippen LogP contribution in [-0.2, 0) is 24.4 Å². The fraction of sp³-hybridized carbons (Fsp3) is 0.208. The molecule has 0 N–H and O–H groups in total. The average molecular weight is 410 g/mol. The van der Waals surface area contributed by atoms with Gasteiger partial charge in [-0.15, -0.1) is 0 Å². The lowest BCUT2D eigenvalue weighted by atomic mass is 10.1. The number of amides is 1. The second-order valence-electron chi connectivity index (χ2n) is 6.81. The molecule has 0 aliphatic heterocycles. The van der Waals surface area contributed by atoms with Crippen molar-refractivity contribution in [2.45, 2.75) is 19.6 Å². The molecule has 29 heavy (non-hydrogen) atoms. The molecule has 0 fully saturated rings. The molecule has 3 aromatic carbocycles. The van der Waals surface area contributed by atoms with Gasteiger partial charge in [0.25, 0.3) is 0 Å². The fourth-order valence-corrected chi connectivity index (χ4v) is 3.06. The second kappa shape index (κ2) is 9.99. The van der Waals surface area contributed by atoms with Gasteiger partial charge in [0, 0.05) is 18.6 Å². The van der Waals surface area contributed by atoms with Gasteiger partial charge in [0.15, 0.2) is 11.5 Å². The van der Waals surface area contributed by atoms with E-state index in [1.54, 1.807) is 31.2 Å². The van der Waals surface area contributed by atoms with Crippen LogP contribution in [0.3, 0.4) is 0 Å². The van der Waals surface area contributed by atoms with E-state index in [1.165, 1.54) is 0 Å². The van der Waals surface area contributed by atoms with E-state index in [0.29, 0.717) is 36.1 Å². The van der Waals surface area contributed by atoms with Gasteiger partial charge in [0.05, 0.1) is 13.5 Å². The van der Waals surface area contributed by atoms with Crippen molar-refractivity contribution in [2.24, 2.45) is 0 Å². The number of ether oxygens (including phenoxy) is 2. The Morgan fingerprint density at radius 1 is 0.897 bits per heavy atom. The topological polar surface area (TPSA) is 38.8 Å². The lowest BCUT2D eigenvalue weighted by molar-refractivity contribution is -0.129. The van der Waals surface area contributed by atoms with Crippen LogP contribution in [0.1, 0.15) is 16.7 Å². The SMILES string of the molecule is COc1cc(CN(C)C(=O)Cc2ccc(Cl)cc2)ccc1OCc1ccccc1. The van der Waals surface area contributed by atoms with Crippen molar-refractivity contribution < 1.29 is 14.3 Å². The van der Waals surface area contributed by atoms with Crippen molar-refractivity contribution in [2.75, 3.05) is 14.2 Å². The minimum absolute atomic E-state index is 0.0377. The van der Waals surface area contributed by atoms with Crippen molar-refractivity contribution in [3.63, 3.8) is 0 Å². The van der Waals surface area contributed by atoms with E-state index >= 15 is 0 Å². The lowest BCUT2D eigenvalue weighted by Crippen LogP contribution is -2.27. The molecule has 0 unspecified atom stereocenters. The van der Waals surface area contributed by atoms with Gasteiger partial charge >= 0.3 is 0 Å². The highest BCUT2D eigenvalue weighted by Gasteiger charge is 2.12. The van der Waals surface area contributed by atoms with Crippen molar-refractivity contribution in [1.82, 2.24) is 4.90 Å². The first-order valence-corrected chi connectivity index (χ1v) is 9.75. The minimum Gasteiger partial charge on any atom is -0.493 e. The average Bonchev–Trinajstić information content (AvgIpc) is 2.75. The summed E-state index contributed by atoms with van der Waals surface area (Å²) in [5.74, 6) is 1.36. The van der Waals surface area contributed by atoms with Crippen LogP contribution < -0.4 is 9.47 Å². The fourth-order valence-electron chi connectivity index (χ4n) is 2.94. The molecule has 3 rings (SSSR count). The van der Waals surface area contributed by atoms with Crippen LogP contribution in [0.2, 0.25) is 5.02 Å². The molecule has 0 saturated heterocycles. The summed E-state index contributed by atoms with van der Waals surface area (Å²) in [5, 5.41) is 0.663. The Bertz CT molecular complexity index is 942. The molecule has 4 nitrogen and oxygen atoms in total. The minimum atomic E-state index is 0.0377. The lowest BCUT2D eigenvalue weighted by Gasteiger charge is -2.19. The van der Waals surface area contributed by atoms with Gasteiger partial charge in [-0.25, -0.2) is 0 Å². The number of benzene rings is 3. The largest absolute Gasteiger partial charge is 0.493 e. The zero-order chi connectivity index (χ0) is 20.6. The molecule has 150 valence electrons. The summed E-state index contributed by atoms with van der Waals surface area (Å²) < 4.78 is 11.4. The summed E-state index contributed by atoms with van der Waals surface area (Å²) >= 11 is 5.90. The smallest absolute Gasteiger partial charge is 0.227 e. The third-order valence-corrected chi connectivity index (χ3v) is 4.83. The summed E-state index contributed by atoms with van der Waals surface area (Å²) in [6.07, 6.45) is 0.336. The number of halogens is 1. The highest BCUT2D eigenvalue weighted by molar-refractivity contribution is 6.30. The summed E-state index contributed by atoms with van der Waals surface area (Å²) in [6, 6.07) is 23.0. The molecule has 0 aliphatic carbocycles. The molecule has 0 radical (unpaired) electrons. The van der Waals surface area contributed by atoms with E-state index in [0.717, 1.165) is 16.7 Å². The van der Waals surface area contributed by atoms with E-state index in [1.807, 2.05) is 60.7 Å². The molecule has 1 amide bonds. The third-order valence-electron chi connectivity index (χ3n) is 4.58. The monoisotopic (exact) mass is 409 g/mol. The summed E-state index contributed by atoms with van der Waals surface area (Å²) in [5.41, 5.74) is 3.00. The molecule has 0 atom stereocenters. The van der Waals surface area contributed by atoms with Gasteiger partial charge < -0.3 is 14.4 Å². The third kappa shape index (κ3) is 6.00. The molecule has 0 heterocycles. The number of hydrogen-bond donors (Lipinski definition) is 0. The van der Waals surface area contributed by atoms with Gasteiger partial charge in [0.1, 0.15) is 6.61 Å². The van der Waals surface area contributed by atoms with Crippen molar-refractivity contribution >= 4 is 17.5 Å². The number of hydrogen-bond acceptors (Lipinski definition) is 3. The number of rotatable bonds is 8. The molecular formula is C24H24ClNO3. The van der Waals surface area contributed by atoms with Crippen molar-refractivity contribution in [3.8, 4) is 11.5 Å². The molecule has 0 saturated carbocycles. The van der Waals surface area contributed by atoms with E-state index < -0.39 is 0 Å². The zero-order valence-electron chi connectivity index (χ0n) is 16.6. The molecule has 0 aromatic heterocycles. The van der Waals surface area contributed by atoms with Gasteiger partial charge in [-0.2, -0.15) is 0 Å². The van der Waals surface area contributed by atoms with E-state index in [9.17, 15) is 4.79 Å². The Morgan fingerprint density at radius 3 is 2.28 bits per heavy atom. The maximum atomic E-state index is 12.5. The number of methoxy groups -OCH3 is 1. The Hall–Kier alpha value is -2.98. The maximum Gasteiger partial charge on any atom is 0.227 e. The van der Waals surface area contributed by atoms with Crippen LogP contribution in [0.15, 0.2) is 72.8 Å². The molecular weight excluding hydrogens is 386 g/mol. The Morgan fingerprint density at radius 2 is 1.59 bits per heavy atom. The van der Waals surface area contributed by atoms with Gasteiger partial charge in [0.2, 0.25) is 5.91 Å². The first-order valence-electron chi connectivity index (χ1n) is 9.37. The maximum absolute atomic E-state index is 12.5. The summed E-state index contributed by atoms with van der Waals surface area (Å²) in [4.78, 5) is 14.2. The zero-order valence-corrected chi connectivity index (χ0v) is 17.4. The predicted molar refractivity (Wildman–Crippen MR) is 115 cm³/mol. The van der Waals surface area contributed by atoms with E-state index in [-0.39, 0.29) is 5.91 Å². The summed E-state index contributed by atoms with van der Waals surface area (Å²) in [7, 11) is 3.41. The van der Waals surface area contributed by atoms with Crippen molar-refractivity contribution in [1.29, 1.82) is 0 Å².